The normalized spacial score (nSPS) is 19.6. The highest BCUT2D eigenvalue weighted by molar-refractivity contribution is 5.85. The van der Waals surface area contributed by atoms with Crippen molar-refractivity contribution in [2.24, 2.45) is 5.92 Å². The zero-order chi connectivity index (χ0) is 13.8. The van der Waals surface area contributed by atoms with E-state index >= 15 is 0 Å². The molecule has 1 rings (SSSR count). The van der Waals surface area contributed by atoms with Gasteiger partial charge in [0.05, 0.1) is 6.61 Å². The molecule has 0 saturated carbocycles. The first-order valence-electron chi connectivity index (χ1n) is 6.26. The molecule has 6 heteroatoms. The van der Waals surface area contributed by atoms with Gasteiger partial charge in [-0.05, 0) is 27.2 Å². The number of rotatable bonds is 5. The van der Waals surface area contributed by atoms with Crippen LogP contribution in [0.1, 0.15) is 27.2 Å². The summed E-state index contributed by atoms with van der Waals surface area (Å²) in [6.45, 7) is 7.10. The number of likely N-dealkylation sites (N-methyl/N-ethyl adjacent to an activating group) is 1. The first kappa shape index (κ1) is 14.8. The summed E-state index contributed by atoms with van der Waals surface area (Å²) in [6, 6.07) is -0.336. The molecule has 1 aliphatic rings. The molecule has 1 heterocycles. The van der Waals surface area contributed by atoms with Gasteiger partial charge in [-0.15, -0.1) is 0 Å². The van der Waals surface area contributed by atoms with Crippen molar-refractivity contribution in [2.75, 3.05) is 26.3 Å². The minimum Gasteiger partial charge on any atom is -0.480 e. The predicted molar refractivity (Wildman–Crippen MR) is 66.4 cm³/mol. The second-order valence-corrected chi connectivity index (χ2v) is 5.02. The van der Waals surface area contributed by atoms with E-state index in [4.69, 9.17) is 9.84 Å². The number of hydrogen-bond acceptors (Lipinski definition) is 3. The quantitative estimate of drug-likeness (QED) is 0.768. The highest BCUT2D eigenvalue weighted by Crippen LogP contribution is 2.15. The molecule has 1 saturated heterocycles. The van der Waals surface area contributed by atoms with Crippen LogP contribution < -0.4 is 5.32 Å². The fraction of sp³-hybridized carbons (Fsp3) is 0.833. The van der Waals surface area contributed by atoms with Crippen molar-refractivity contribution in [1.82, 2.24) is 10.2 Å². The van der Waals surface area contributed by atoms with Crippen molar-refractivity contribution in [2.45, 2.75) is 32.7 Å². The topological polar surface area (TPSA) is 78.9 Å². The molecule has 0 aromatic heterocycles. The first-order valence-corrected chi connectivity index (χ1v) is 6.26. The molecule has 1 aliphatic heterocycles. The van der Waals surface area contributed by atoms with Crippen LogP contribution in [0.5, 0.6) is 0 Å². The molecule has 2 amide bonds. The zero-order valence-electron chi connectivity index (χ0n) is 11.2. The fourth-order valence-electron chi connectivity index (χ4n) is 1.98. The lowest BCUT2D eigenvalue weighted by Crippen LogP contribution is -2.56. The molecule has 1 fully saturated rings. The number of aliphatic carboxylic acids is 1. The maximum Gasteiger partial charge on any atom is 0.329 e. The smallest absolute Gasteiger partial charge is 0.329 e. The van der Waals surface area contributed by atoms with E-state index in [9.17, 15) is 9.59 Å². The highest BCUT2D eigenvalue weighted by atomic mass is 16.5. The molecule has 0 aliphatic carbocycles. The number of nitrogens with one attached hydrogen (secondary N) is 1. The van der Waals surface area contributed by atoms with Crippen molar-refractivity contribution >= 4 is 12.0 Å². The highest BCUT2D eigenvalue weighted by Gasteiger charge is 2.37. The molecule has 0 spiro atoms. The van der Waals surface area contributed by atoms with Crippen LogP contribution in [0, 0.1) is 5.92 Å². The lowest BCUT2D eigenvalue weighted by atomic mass is 10.0. The monoisotopic (exact) mass is 258 g/mol. The van der Waals surface area contributed by atoms with Gasteiger partial charge in [0.1, 0.15) is 5.54 Å². The third-order valence-corrected chi connectivity index (χ3v) is 3.33. The molecule has 18 heavy (non-hydrogen) atoms. The molecule has 1 unspecified atom stereocenters. The summed E-state index contributed by atoms with van der Waals surface area (Å²) in [4.78, 5) is 24.5. The van der Waals surface area contributed by atoms with Crippen LogP contribution in [0.4, 0.5) is 4.79 Å². The number of carbonyl (C=O) groups is 2. The number of carbonyl (C=O) groups excluding carboxylic acids is 1. The van der Waals surface area contributed by atoms with Crippen LogP contribution in [0.15, 0.2) is 0 Å². The largest absolute Gasteiger partial charge is 0.480 e. The Morgan fingerprint density at radius 3 is 2.61 bits per heavy atom. The van der Waals surface area contributed by atoms with Gasteiger partial charge < -0.3 is 20.1 Å². The summed E-state index contributed by atoms with van der Waals surface area (Å²) in [5.41, 5.74) is -1.20. The van der Waals surface area contributed by atoms with Crippen molar-refractivity contribution in [1.29, 1.82) is 0 Å². The van der Waals surface area contributed by atoms with E-state index in [2.05, 4.69) is 5.32 Å². The number of amides is 2. The fourth-order valence-corrected chi connectivity index (χ4v) is 1.98. The minimum atomic E-state index is -1.20. The lowest BCUT2D eigenvalue weighted by molar-refractivity contribution is -0.147. The van der Waals surface area contributed by atoms with Gasteiger partial charge in [0.2, 0.25) is 0 Å². The molecule has 0 radical (unpaired) electrons. The molecule has 104 valence electrons. The van der Waals surface area contributed by atoms with Gasteiger partial charge >= 0.3 is 12.0 Å². The van der Waals surface area contributed by atoms with Crippen LogP contribution in [0.25, 0.3) is 0 Å². The third-order valence-electron chi connectivity index (χ3n) is 3.33. The molecular formula is C12H22N2O4. The Morgan fingerprint density at radius 1 is 1.50 bits per heavy atom. The Balaban J connectivity index is 2.53. The Morgan fingerprint density at radius 2 is 2.17 bits per heavy atom. The first-order chi connectivity index (χ1) is 8.39. The Labute approximate surface area is 107 Å². The Hall–Kier alpha value is -1.30. The molecule has 0 bridgehead atoms. The van der Waals surface area contributed by atoms with Crippen molar-refractivity contribution in [3.8, 4) is 0 Å². The van der Waals surface area contributed by atoms with Gasteiger partial charge in [-0.2, -0.15) is 0 Å². The van der Waals surface area contributed by atoms with E-state index in [0.717, 1.165) is 13.0 Å². The van der Waals surface area contributed by atoms with Gasteiger partial charge in [-0.25, -0.2) is 9.59 Å². The average Bonchev–Trinajstić information content (AvgIpc) is 2.79. The SMILES string of the molecule is CCN(C(=O)NCC1CCOC1)C(C)(C)C(=O)O. The molecule has 2 N–H and O–H groups in total. The number of carboxylic acids is 1. The van der Waals surface area contributed by atoms with E-state index in [-0.39, 0.29) is 6.03 Å². The predicted octanol–water partition coefficient (Wildman–Crippen LogP) is 0.918. The maximum absolute atomic E-state index is 12.0. The van der Waals surface area contributed by atoms with E-state index < -0.39 is 11.5 Å². The standard InChI is InChI=1S/C12H22N2O4/c1-4-14(12(2,3)10(15)16)11(17)13-7-9-5-6-18-8-9/h9H,4-8H2,1-3H3,(H,13,17)(H,15,16). The average molecular weight is 258 g/mol. The molecule has 1 atom stereocenters. The Kier molecular flexibility index (Phi) is 4.95. The van der Waals surface area contributed by atoms with Gasteiger partial charge in [0, 0.05) is 25.6 Å². The van der Waals surface area contributed by atoms with Crippen LogP contribution >= 0.6 is 0 Å². The van der Waals surface area contributed by atoms with Gasteiger partial charge in [-0.3, -0.25) is 0 Å². The van der Waals surface area contributed by atoms with Crippen LogP contribution in [0.2, 0.25) is 0 Å². The van der Waals surface area contributed by atoms with Crippen LogP contribution in [-0.4, -0.2) is 53.8 Å². The summed E-state index contributed by atoms with van der Waals surface area (Å²) in [7, 11) is 0. The summed E-state index contributed by atoms with van der Waals surface area (Å²) >= 11 is 0. The summed E-state index contributed by atoms with van der Waals surface area (Å²) < 4.78 is 5.22. The van der Waals surface area contributed by atoms with Gasteiger partial charge in [0.25, 0.3) is 0 Å². The number of carboxylic acid groups (broad SMARTS) is 1. The maximum atomic E-state index is 12.0. The van der Waals surface area contributed by atoms with Crippen LogP contribution in [0.3, 0.4) is 0 Å². The summed E-state index contributed by atoms with van der Waals surface area (Å²) in [5, 5.41) is 11.9. The summed E-state index contributed by atoms with van der Waals surface area (Å²) in [5.74, 6) is -0.677. The summed E-state index contributed by atoms with van der Waals surface area (Å²) in [6.07, 6.45) is 0.939. The van der Waals surface area contributed by atoms with Crippen LogP contribution in [-0.2, 0) is 9.53 Å². The van der Waals surface area contributed by atoms with Gasteiger partial charge in [-0.1, -0.05) is 0 Å². The second-order valence-electron chi connectivity index (χ2n) is 5.02. The van der Waals surface area contributed by atoms with E-state index in [0.29, 0.717) is 25.6 Å². The Bertz CT molecular complexity index is 311. The van der Waals surface area contributed by atoms with E-state index in [1.165, 1.54) is 18.7 Å². The van der Waals surface area contributed by atoms with Crippen molar-refractivity contribution < 1.29 is 19.4 Å². The second kappa shape index (κ2) is 6.04. The number of urea groups is 1. The van der Waals surface area contributed by atoms with E-state index in [1.807, 2.05) is 0 Å². The molecule has 0 aromatic rings. The lowest BCUT2D eigenvalue weighted by Gasteiger charge is -2.34. The third kappa shape index (κ3) is 3.35. The molecule has 6 nitrogen and oxygen atoms in total. The zero-order valence-corrected chi connectivity index (χ0v) is 11.2. The molecule has 0 aromatic carbocycles. The number of nitrogens with zero attached hydrogens (tertiary/aromatic N) is 1. The molecular weight excluding hydrogens is 236 g/mol. The van der Waals surface area contributed by atoms with Crippen molar-refractivity contribution in [3.05, 3.63) is 0 Å². The minimum absolute atomic E-state index is 0.334. The van der Waals surface area contributed by atoms with E-state index in [1.54, 1.807) is 6.92 Å². The van der Waals surface area contributed by atoms with Gasteiger partial charge in [0.15, 0.2) is 0 Å². The number of ether oxygens (including phenoxy) is 1. The number of hydrogen-bond donors (Lipinski definition) is 2. The van der Waals surface area contributed by atoms with Crippen molar-refractivity contribution in [3.63, 3.8) is 0 Å².